The van der Waals surface area contributed by atoms with Crippen molar-refractivity contribution in [1.82, 2.24) is 9.55 Å². The zero-order valence-electron chi connectivity index (χ0n) is 10.8. The van der Waals surface area contributed by atoms with Gasteiger partial charge in [0.05, 0.1) is 0 Å². The van der Waals surface area contributed by atoms with Gasteiger partial charge < -0.3 is 9.88 Å². The summed E-state index contributed by atoms with van der Waals surface area (Å²) in [6, 6.07) is 9.21. The van der Waals surface area contributed by atoms with Crippen molar-refractivity contribution in [2.24, 2.45) is 7.05 Å². The van der Waals surface area contributed by atoms with Crippen LogP contribution in [0.5, 0.6) is 0 Å². The number of aryl methyl sites for hydroxylation is 3. The van der Waals surface area contributed by atoms with Crippen LogP contribution in [0, 0.1) is 0 Å². The smallest absolute Gasteiger partial charge is 0.108 e. The molecule has 1 aromatic carbocycles. The van der Waals surface area contributed by atoms with E-state index in [9.17, 15) is 0 Å². The van der Waals surface area contributed by atoms with Gasteiger partial charge in [0.1, 0.15) is 5.82 Å². The van der Waals surface area contributed by atoms with Crippen molar-refractivity contribution in [3.63, 3.8) is 0 Å². The number of rotatable bonds is 3. The monoisotopic (exact) mass is 241 g/mol. The van der Waals surface area contributed by atoms with Crippen LogP contribution in [0.15, 0.2) is 36.7 Å². The van der Waals surface area contributed by atoms with Gasteiger partial charge in [0.2, 0.25) is 0 Å². The van der Waals surface area contributed by atoms with Crippen molar-refractivity contribution in [1.29, 1.82) is 0 Å². The van der Waals surface area contributed by atoms with Crippen molar-refractivity contribution >= 4 is 5.69 Å². The highest BCUT2D eigenvalue weighted by Gasteiger charge is 2.17. The molecule has 18 heavy (non-hydrogen) atoms. The Balaban J connectivity index is 1.61. The molecule has 0 amide bonds. The number of aromatic nitrogens is 2. The lowest BCUT2D eigenvalue weighted by Gasteiger charge is -2.27. The van der Waals surface area contributed by atoms with Gasteiger partial charge in [0.25, 0.3) is 0 Å². The predicted molar refractivity (Wildman–Crippen MR) is 73.7 cm³/mol. The first-order valence-electron chi connectivity index (χ1n) is 6.63. The van der Waals surface area contributed by atoms with Gasteiger partial charge in [-0.1, -0.05) is 18.2 Å². The molecule has 1 unspecified atom stereocenters. The molecule has 0 saturated heterocycles. The number of para-hydroxylation sites is 1. The number of anilines is 1. The van der Waals surface area contributed by atoms with Gasteiger partial charge in [0.15, 0.2) is 0 Å². The van der Waals surface area contributed by atoms with E-state index in [2.05, 4.69) is 46.2 Å². The number of imidazole rings is 1. The van der Waals surface area contributed by atoms with E-state index in [0.29, 0.717) is 6.04 Å². The number of benzene rings is 1. The fourth-order valence-electron chi connectivity index (χ4n) is 2.66. The lowest BCUT2D eigenvalue weighted by Crippen LogP contribution is -2.26. The van der Waals surface area contributed by atoms with Gasteiger partial charge in [-0.3, -0.25) is 0 Å². The van der Waals surface area contributed by atoms with Gasteiger partial charge in [-0.05, 0) is 30.9 Å². The van der Waals surface area contributed by atoms with Crippen LogP contribution < -0.4 is 5.32 Å². The van der Waals surface area contributed by atoms with E-state index in [0.717, 1.165) is 12.8 Å². The zero-order valence-corrected chi connectivity index (χ0v) is 10.8. The van der Waals surface area contributed by atoms with Crippen molar-refractivity contribution in [3.05, 3.63) is 48.0 Å². The molecule has 3 rings (SSSR count). The molecule has 94 valence electrons. The summed E-state index contributed by atoms with van der Waals surface area (Å²) in [6.07, 6.45) is 8.50. The molecule has 1 N–H and O–H groups in total. The van der Waals surface area contributed by atoms with Gasteiger partial charge in [-0.15, -0.1) is 0 Å². The lowest BCUT2D eigenvalue weighted by molar-refractivity contribution is 0.571. The molecule has 1 atom stereocenters. The van der Waals surface area contributed by atoms with E-state index >= 15 is 0 Å². The van der Waals surface area contributed by atoms with Crippen LogP contribution in [0.2, 0.25) is 0 Å². The average Bonchev–Trinajstić information content (AvgIpc) is 2.82. The average molecular weight is 241 g/mol. The maximum absolute atomic E-state index is 4.38. The van der Waals surface area contributed by atoms with Crippen molar-refractivity contribution in [3.8, 4) is 0 Å². The summed E-state index contributed by atoms with van der Waals surface area (Å²) in [4.78, 5) is 4.38. The highest BCUT2D eigenvalue weighted by molar-refractivity contribution is 5.53. The first-order chi connectivity index (χ1) is 8.83. The Bertz CT molecular complexity index is 530. The maximum atomic E-state index is 4.38. The largest absolute Gasteiger partial charge is 0.382 e. The van der Waals surface area contributed by atoms with Gasteiger partial charge in [0, 0.05) is 37.6 Å². The molecule has 0 saturated carbocycles. The molecule has 0 aliphatic carbocycles. The highest BCUT2D eigenvalue weighted by Crippen LogP contribution is 2.25. The van der Waals surface area contributed by atoms with E-state index < -0.39 is 0 Å². The van der Waals surface area contributed by atoms with Crippen LogP contribution in [0.1, 0.15) is 24.2 Å². The number of hydrogen-bond donors (Lipinski definition) is 1. The third-order valence-electron chi connectivity index (χ3n) is 3.78. The third kappa shape index (κ3) is 2.26. The summed E-state index contributed by atoms with van der Waals surface area (Å²) in [5.74, 6) is 1.18. The normalized spacial score (nSPS) is 18.2. The molecule has 1 aliphatic heterocycles. The maximum Gasteiger partial charge on any atom is 0.108 e. The van der Waals surface area contributed by atoms with Crippen LogP contribution in [-0.2, 0) is 19.9 Å². The summed E-state index contributed by atoms with van der Waals surface area (Å²) >= 11 is 0. The molecule has 0 fully saturated rings. The Labute approximate surface area is 108 Å². The van der Waals surface area contributed by atoms with E-state index in [1.54, 1.807) is 0 Å². The molecular weight excluding hydrogens is 222 g/mol. The van der Waals surface area contributed by atoms with Crippen molar-refractivity contribution in [2.45, 2.75) is 31.7 Å². The summed E-state index contributed by atoms with van der Waals surface area (Å²) in [5, 5.41) is 3.64. The lowest BCUT2D eigenvalue weighted by atomic mass is 9.95. The molecule has 0 bridgehead atoms. The molecule has 3 nitrogen and oxygen atoms in total. The van der Waals surface area contributed by atoms with E-state index in [-0.39, 0.29) is 0 Å². The van der Waals surface area contributed by atoms with Crippen LogP contribution in [0.3, 0.4) is 0 Å². The minimum absolute atomic E-state index is 0.580. The number of fused-ring (bicyclic) bond motifs is 1. The SMILES string of the molecule is Cn1ccnc1CCC1CCc2ccccc2N1. The standard InChI is InChI=1S/C15H19N3/c1-18-11-10-16-15(18)9-8-13-7-6-12-4-2-3-5-14(12)17-13/h2-5,10-11,13,17H,6-9H2,1H3. The Morgan fingerprint density at radius 3 is 3.11 bits per heavy atom. The number of hydrogen-bond acceptors (Lipinski definition) is 2. The summed E-state index contributed by atoms with van der Waals surface area (Å²) < 4.78 is 2.11. The molecule has 1 aromatic heterocycles. The minimum Gasteiger partial charge on any atom is -0.382 e. The Morgan fingerprint density at radius 1 is 1.39 bits per heavy atom. The van der Waals surface area contributed by atoms with Crippen LogP contribution >= 0.6 is 0 Å². The van der Waals surface area contributed by atoms with E-state index in [1.807, 2.05) is 12.4 Å². The molecule has 2 aromatic rings. The fourth-order valence-corrected chi connectivity index (χ4v) is 2.66. The topological polar surface area (TPSA) is 29.9 Å². The zero-order chi connectivity index (χ0) is 12.4. The third-order valence-corrected chi connectivity index (χ3v) is 3.78. The van der Waals surface area contributed by atoms with E-state index in [4.69, 9.17) is 0 Å². The highest BCUT2D eigenvalue weighted by atomic mass is 15.0. The second-order valence-corrected chi connectivity index (χ2v) is 5.03. The first kappa shape index (κ1) is 11.3. The minimum atomic E-state index is 0.580. The predicted octanol–water partition coefficient (Wildman–Crippen LogP) is 2.78. The van der Waals surface area contributed by atoms with Crippen LogP contribution in [0.4, 0.5) is 5.69 Å². The molecule has 0 radical (unpaired) electrons. The second kappa shape index (κ2) is 4.84. The molecule has 2 heterocycles. The van der Waals surface area contributed by atoms with Crippen LogP contribution in [0.25, 0.3) is 0 Å². The fraction of sp³-hybridized carbons (Fsp3) is 0.400. The molecule has 1 aliphatic rings. The van der Waals surface area contributed by atoms with Gasteiger partial charge in [-0.2, -0.15) is 0 Å². The van der Waals surface area contributed by atoms with E-state index in [1.165, 1.54) is 29.9 Å². The summed E-state index contributed by atoms with van der Waals surface area (Å²) in [6.45, 7) is 0. The van der Waals surface area contributed by atoms with Crippen LogP contribution in [-0.4, -0.2) is 15.6 Å². The Kier molecular flexibility index (Phi) is 3.05. The molecular formula is C15H19N3. The Morgan fingerprint density at radius 2 is 2.28 bits per heavy atom. The first-order valence-corrected chi connectivity index (χ1v) is 6.63. The summed E-state index contributed by atoms with van der Waals surface area (Å²) in [7, 11) is 2.06. The number of nitrogens with one attached hydrogen (secondary N) is 1. The quantitative estimate of drug-likeness (QED) is 0.895. The van der Waals surface area contributed by atoms with Crippen molar-refractivity contribution in [2.75, 3.05) is 5.32 Å². The van der Waals surface area contributed by atoms with Gasteiger partial charge >= 0.3 is 0 Å². The Hall–Kier alpha value is -1.77. The molecule has 0 spiro atoms. The van der Waals surface area contributed by atoms with Gasteiger partial charge in [-0.25, -0.2) is 4.98 Å². The summed E-state index contributed by atoms with van der Waals surface area (Å²) in [5.41, 5.74) is 2.76. The molecule has 3 heteroatoms. The second-order valence-electron chi connectivity index (χ2n) is 5.03. The number of nitrogens with zero attached hydrogens (tertiary/aromatic N) is 2. The van der Waals surface area contributed by atoms with Crippen molar-refractivity contribution < 1.29 is 0 Å².